The Morgan fingerprint density at radius 3 is 2.53 bits per heavy atom. The monoisotopic (exact) mass is 423 g/mol. The van der Waals surface area contributed by atoms with Gasteiger partial charge in [-0.2, -0.15) is 0 Å². The fourth-order valence-corrected chi connectivity index (χ4v) is 4.20. The van der Waals surface area contributed by atoms with Gasteiger partial charge >= 0.3 is 0 Å². The van der Waals surface area contributed by atoms with Crippen LogP contribution in [0, 0.1) is 6.92 Å². The number of aryl methyl sites for hydroxylation is 1. The molecule has 156 valence electrons. The van der Waals surface area contributed by atoms with Gasteiger partial charge in [-0.15, -0.1) is 0 Å². The number of carbonyl (C=O) groups is 2. The van der Waals surface area contributed by atoms with Gasteiger partial charge < -0.3 is 15.2 Å². The van der Waals surface area contributed by atoms with Crippen molar-refractivity contribution in [3.8, 4) is 0 Å². The number of carbonyl (C=O) groups excluding carboxylic acids is 2. The lowest BCUT2D eigenvalue weighted by atomic mass is 10.2. The molecule has 8 heteroatoms. The number of fused-ring (bicyclic) bond motifs is 1. The van der Waals surface area contributed by atoms with Crippen LogP contribution in [0.4, 0.5) is 5.69 Å². The molecule has 2 N–H and O–H groups in total. The highest BCUT2D eigenvalue weighted by atomic mass is 32.2. The number of para-hydroxylation sites is 2. The molecule has 1 fully saturated rings. The number of piperazine rings is 1. The summed E-state index contributed by atoms with van der Waals surface area (Å²) in [5.74, 6) is 0.427. The Hall–Kier alpha value is -2.84. The Bertz CT molecular complexity index is 992. The third-order valence-corrected chi connectivity index (χ3v) is 5.99. The molecule has 1 aliphatic heterocycles. The Balaban J connectivity index is 1.20. The minimum Gasteiger partial charge on any atom is -0.339 e. The molecule has 0 spiro atoms. The molecule has 1 aliphatic rings. The molecular weight excluding hydrogens is 398 g/mol. The van der Waals surface area contributed by atoms with E-state index < -0.39 is 0 Å². The van der Waals surface area contributed by atoms with Crippen molar-refractivity contribution in [1.82, 2.24) is 19.8 Å². The SMILES string of the molecule is Cc1ccc(NC(=O)CN2CCN(C(=O)CSc3nc4ccccc4[nH]3)CC2)cc1. The van der Waals surface area contributed by atoms with E-state index >= 15 is 0 Å². The number of amides is 2. The Labute approximate surface area is 179 Å². The van der Waals surface area contributed by atoms with Crippen LogP contribution in [-0.2, 0) is 9.59 Å². The summed E-state index contributed by atoms with van der Waals surface area (Å²) in [5.41, 5.74) is 3.85. The molecule has 0 bridgehead atoms. The van der Waals surface area contributed by atoms with Crippen LogP contribution in [0.25, 0.3) is 11.0 Å². The van der Waals surface area contributed by atoms with E-state index in [0.717, 1.165) is 27.4 Å². The van der Waals surface area contributed by atoms with E-state index in [2.05, 4.69) is 20.2 Å². The number of rotatable bonds is 6. The summed E-state index contributed by atoms with van der Waals surface area (Å²) < 4.78 is 0. The van der Waals surface area contributed by atoms with Crippen molar-refractivity contribution in [2.45, 2.75) is 12.1 Å². The summed E-state index contributed by atoms with van der Waals surface area (Å²) in [6.07, 6.45) is 0. The maximum absolute atomic E-state index is 12.5. The van der Waals surface area contributed by atoms with Crippen molar-refractivity contribution in [2.75, 3.05) is 43.8 Å². The lowest BCUT2D eigenvalue weighted by Crippen LogP contribution is -2.50. The van der Waals surface area contributed by atoms with Crippen LogP contribution in [0.3, 0.4) is 0 Å². The van der Waals surface area contributed by atoms with E-state index in [-0.39, 0.29) is 11.8 Å². The van der Waals surface area contributed by atoms with Crippen LogP contribution in [0.5, 0.6) is 0 Å². The quantitative estimate of drug-likeness (QED) is 0.596. The second kappa shape index (κ2) is 9.32. The molecule has 7 nitrogen and oxygen atoms in total. The van der Waals surface area contributed by atoms with E-state index in [0.29, 0.717) is 38.5 Å². The zero-order valence-electron chi connectivity index (χ0n) is 16.9. The second-order valence-electron chi connectivity index (χ2n) is 7.42. The smallest absolute Gasteiger partial charge is 0.238 e. The minimum absolute atomic E-state index is 0.0286. The van der Waals surface area contributed by atoms with Gasteiger partial charge in [-0.3, -0.25) is 14.5 Å². The van der Waals surface area contributed by atoms with Gasteiger partial charge in [0.15, 0.2) is 5.16 Å². The van der Waals surface area contributed by atoms with Gasteiger partial charge in [-0.1, -0.05) is 41.6 Å². The first-order chi connectivity index (χ1) is 14.6. The van der Waals surface area contributed by atoms with E-state index in [4.69, 9.17) is 0 Å². The van der Waals surface area contributed by atoms with E-state index in [1.54, 1.807) is 0 Å². The predicted molar refractivity (Wildman–Crippen MR) is 120 cm³/mol. The summed E-state index contributed by atoms with van der Waals surface area (Å²) in [7, 11) is 0. The molecule has 3 aromatic rings. The zero-order chi connectivity index (χ0) is 20.9. The normalized spacial score (nSPS) is 14.8. The Morgan fingerprint density at radius 2 is 1.80 bits per heavy atom. The average molecular weight is 424 g/mol. The molecule has 2 aromatic carbocycles. The van der Waals surface area contributed by atoms with Crippen molar-refractivity contribution in [3.63, 3.8) is 0 Å². The fraction of sp³-hybridized carbons (Fsp3) is 0.318. The molecule has 0 radical (unpaired) electrons. The average Bonchev–Trinajstić information content (AvgIpc) is 3.17. The molecule has 1 saturated heterocycles. The van der Waals surface area contributed by atoms with Crippen molar-refractivity contribution >= 4 is 40.3 Å². The number of hydrogen-bond donors (Lipinski definition) is 2. The number of aromatic nitrogens is 2. The largest absolute Gasteiger partial charge is 0.339 e. The highest BCUT2D eigenvalue weighted by Gasteiger charge is 2.22. The molecule has 0 saturated carbocycles. The molecule has 4 rings (SSSR count). The van der Waals surface area contributed by atoms with Gasteiger partial charge in [0, 0.05) is 31.9 Å². The third kappa shape index (κ3) is 5.20. The maximum Gasteiger partial charge on any atom is 0.238 e. The minimum atomic E-state index is -0.0286. The van der Waals surface area contributed by atoms with Gasteiger partial charge in [0.1, 0.15) is 0 Å². The van der Waals surface area contributed by atoms with E-state index in [9.17, 15) is 9.59 Å². The summed E-state index contributed by atoms with van der Waals surface area (Å²) in [5, 5.41) is 3.69. The first-order valence-corrected chi connectivity index (χ1v) is 11.0. The Kier molecular flexibility index (Phi) is 6.35. The molecule has 2 heterocycles. The Morgan fingerprint density at radius 1 is 1.07 bits per heavy atom. The molecular formula is C22H25N5O2S. The molecule has 1 aromatic heterocycles. The first kappa shape index (κ1) is 20.4. The summed E-state index contributed by atoms with van der Waals surface area (Å²) in [6, 6.07) is 15.6. The zero-order valence-corrected chi connectivity index (χ0v) is 17.7. The number of anilines is 1. The molecule has 2 amide bonds. The lowest BCUT2D eigenvalue weighted by Gasteiger charge is -2.34. The van der Waals surface area contributed by atoms with Crippen LogP contribution in [0.15, 0.2) is 53.7 Å². The molecule has 0 atom stereocenters. The van der Waals surface area contributed by atoms with Crippen LogP contribution in [-0.4, -0.2) is 70.1 Å². The highest BCUT2D eigenvalue weighted by molar-refractivity contribution is 7.99. The standard InChI is InChI=1S/C22H25N5O2S/c1-16-6-8-17(9-7-16)23-20(28)14-26-10-12-27(13-11-26)21(29)15-30-22-24-18-4-2-3-5-19(18)25-22/h2-9H,10-15H2,1H3,(H,23,28)(H,24,25). The van der Waals surface area contributed by atoms with E-state index in [1.165, 1.54) is 11.8 Å². The number of aromatic amines is 1. The third-order valence-electron chi connectivity index (χ3n) is 5.13. The summed E-state index contributed by atoms with van der Waals surface area (Å²) in [4.78, 5) is 36.5. The summed E-state index contributed by atoms with van der Waals surface area (Å²) in [6.45, 7) is 5.02. The van der Waals surface area contributed by atoms with Gasteiger partial charge in [0.05, 0.1) is 23.3 Å². The molecule has 0 aliphatic carbocycles. The van der Waals surface area contributed by atoms with Gasteiger partial charge in [0.25, 0.3) is 0 Å². The number of thioether (sulfide) groups is 1. The van der Waals surface area contributed by atoms with Gasteiger partial charge in [0.2, 0.25) is 11.8 Å². The number of H-pyrrole nitrogens is 1. The van der Waals surface area contributed by atoms with Crippen molar-refractivity contribution in [1.29, 1.82) is 0 Å². The molecule has 0 unspecified atom stereocenters. The van der Waals surface area contributed by atoms with Gasteiger partial charge in [-0.25, -0.2) is 4.98 Å². The van der Waals surface area contributed by atoms with Crippen molar-refractivity contribution in [3.05, 3.63) is 54.1 Å². The summed E-state index contributed by atoms with van der Waals surface area (Å²) >= 11 is 1.43. The lowest BCUT2D eigenvalue weighted by molar-refractivity contribution is -0.130. The molecule has 30 heavy (non-hydrogen) atoms. The number of nitrogens with zero attached hydrogens (tertiary/aromatic N) is 3. The van der Waals surface area contributed by atoms with Crippen LogP contribution < -0.4 is 5.32 Å². The first-order valence-electron chi connectivity index (χ1n) is 10.0. The fourth-order valence-electron chi connectivity index (χ4n) is 3.42. The topological polar surface area (TPSA) is 81.3 Å². The van der Waals surface area contributed by atoms with Gasteiger partial charge in [-0.05, 0) is 31.2 Å². The van der Waals surface area contributed by atoms with E-state index in [1.807, 2.05) is 60.4 Å². The predicted octanol–water partition coefficient (Wildman–Crippen LogP) is 2.75. The highest BCUT2D eigenvalue weighted by Crippen LogP contribution is 2.19. The van der Waals surface area contributed by atoms with Crippen LogP contribution >= 0.6 is 11.8 Å². The maximum atomic E-state index is 12.5. The second-order valence-corrected chi connectivity index (χ2v) is 8.38. The number of nitrogens with one attached hydrogen (secondary N) is 2. The number of benzene rings is 2. The van der Waals surface area contributed by atoms with Crippen molar-refractivity contribution < 1.29 is 9.59 Å². The number of hydrogen-bond acceptors (Lipinski definition) is 5. The van der Waals surface area contributed by atoms with Crippen molar-refractivity contribution in [2.24, 2.45) is 0 Å². The van der Waals surface area contributed by atoms with Crippen LogP contribution in [0.2, 0.25) is 0 Å². The number of imidazole rings is 1. The van der Waals surface area contributed by atoms with Crippen LogP contribution in [0.1, 0.15) is 5.56 Å².